The van der Waals surface area contributed by atoms with Crippen molar-refractivity contribution in [3.05, 3.63) is 101 Å². The van der Waals surface area contributed by atoms with E-state index < -0.39 is 0 Å². The van der Waals surface area contributed by atoms with Gasteiger partial charge in [-0.2, -0.15) is 0 Å². The van der Waals surface area contributed by atoms with E-state index in [9.17, 15) is 9.59 Å². The van der Waals surface area contributed by atoms with E-state index in [0.717, 1.165) is 27.9 Å². The summed E-state index contributed by atoms with van der Waals surface area (Å²) in [7, 11) is 0. The highest BCUT2D eigenvalue weighted by atomic mass is 16.2. The first-order valence-electron chi connectivity index (χ1n) is 10.9. The molecule has 1 atom stereocenters. The van der Waals surface area contributed by atoms with Gasteiger partial charge in [-0.15, -0.1) is 0 Å². The minimum absolute atomic E-state index is 0.0840. The number of nitrogens with one attached hydrogen (secondary N) is 2. The maximum Gasteiger partial charge on any atom is 0.322 e. The van der Waals surface area contributed by atoms with Gasteiger partial charge in [0.2, 0.25) is 5.91 Å². The fourth-order valence-electron chi connectivity index (χ4n) is 3.63. The van der Waals surface area contributed by atoms with Crippen molar-refractivity contribution in [3.8, 4) is 0 Å². The largest absolute Gasteiger partial charge is 0.350 e. The van der Waals surface area contributed by atoms with E-state index in [4.69, 9.17) is 0 Å². The number of carbonyl (C=O) groups excluding carboxylic acids is 2. The Kier molecular flexibility index (Phi) is 8.03. The zero-order chi connectivity index (χ0) is 22.9. The second kappa shape index (κ2) is 11.1. The van der Waals surface area contributed by atoms with Crippen molar-refractivity contribution in [1.82, 2.24) is 10.2 Å². The number of nitrogens with zero attached hydrogens (tertiary/aromatic N) is 1. The highest BCUT2D eigenvalue weighted by molar-refractivity contribution is 5.91. The Morgan fingerprint density at radius 3 is 2.06 bits per heavy atom. The number of benzene rings is 3. The van der Waals surface area contributed by atoms with E-state index >= 15 is 0 Å². The maximum absolute atomic E-state index is 13.2. The molecule has 0 spiro atoms. The van der Waals surface area contributed by atoms with Gasteiger partial charge < -0.3 is 15.5 Å². The van der Waals surface area contributed by atoms with Crippen LogP contribution in [0.25, 0.3) is 0 Å². The van der Waals surface area contributed by atoms with Crippen LogP contribution in [0.2, 0.25) is 0 Å². The molecule has 0 bridgehead atoms. The summed E-state index contributed by atoms with van der Waals surface area (Å²) in [5.41, 5.74) is 4.90. The zero-order valence-electron chi connectivity index (χ0n) is 19.0. The molecule has 0 saturated carbocycles. The van der Waals surface area contributed by atoms with Crippen molar-refractivity contribution in [2.75, 3.05) is 11.9 Å². The SMILES string of the molecule is Cc1cccc(C)c1NC(=O)N(CCC(=O)NC(C)c1ccccc1)Cc1ccccc1. The van der Waals surface area contributed by atoms with Gasteiger partial charge in [-0.3, -0.25) is 4.79 Å². The third-order valence-corrected chi connectivity index (χ3v) is 5.50. The Morgan fingerprint density at radius 1 is 0.844 bits per heavy atom. The van der Waals surface area contributed by atoms with Crippen LogP contribution in [0.15, 0.2) is 78.9 Å². The predicted molar refractivity (Wildman–Crippen MR) is 129 cm³/mol. The van der Waals surface area contributed by atoms with Crippen molar-refractivity contribution in [3.63, 3.8) is 0 Å². The lowest BCUT2D eigenvalue weighted by molar-refractivity contribution is -0.121. The molecule has 3 rings (SSSR count). The maximum atomic E-state index is 13.2. The molecule has 3 aromatic carbocycles. The van der Waals surface area contributed by atoms with Crippen molar-refractivity contribution in [2.24, 2.45) is 0 Å². The van der Waals surface area contributed by atoms with Crippen molar-refractivity contribution in [1.29, 1.82) is 0 Å². The molecule has 32 heavy (non-hydrogen) atoms. The summed E-state index contributed by atoms with van der Waals surface area (Å²) in [5, 5.41) is 6.07. The van der Waals surface area contributed by atoms with E-state index in [1.807, 2.05) is 99.6 Å². The number of para-hydroxylation sites is 1. The smallest absolute Gasteiger partial charge is 0.322 e. The molecule has 1 unspecified atom stereocenters. The summed E-state index contributed by atoms with van der Waals surface area (Å²) in [6, 6.07) is 25.3. The highest BCUT2D eigenvalue weighted by Gasteiger charge is 2.18. The van der Waals surface area contributed by atoms with Crippen LogP contribution < -0.4 is 10.6 Å². The van der Waals surface area contributed by atoms with Gasteiger partial charge >= 0.3 is 6.03 Å². The van der Waals surface area contributed by atoms with Crippen molar-refractivity contribution >= 4 is 17.6 Å². The van der Waals surface area contributed by atoms with E-state index in [1.165, 1.54) is 0 Å². The summed E-state index contributed by atoms with van der Waals surface area (Å²) in [6.45, 7) is 6.66. The summed E-state index contributed by atoms with van der Waals surface area (Å²) in [4.78, 5) is 27.5. The van der Waals surface area contributed by atoms with E-state index in [1.54, 1.807) is 4.90 Å². The lowest BCUT2D eigenvalue weighted by Crippen LogP contribution is -2.38. The molecule has 0 aliphatic rings. The summed E-state index contributed by atoms with van der Waals surface area (Å²) < 4.78 is 0. The van der Waals surface area contributed by atoms with Gasteiger partial charge in [-0.1, -0.05) is 78.9 Å². The van der Waals surface area contributed by atoms with Crippen molar-refractivity contribution in [2.45, 2.75) is 39.8 Å². The number of hydrogen-bond acceptors (Lipinski definition) is 2. The molecular formula is C27H31N3O2. The summed E-state index contributed by atoms with van der Waals surface area (Å²) in [6.07, 6.45) is 0.226. The predicted octanol–water partition coefficient (Wildman–Crippen LogP) is 5.61. The van der Waals surface area contributed by atoms with Crippen LogP contribution in [-0.4, -0.2) is 23.4 Å². The zero-order valence-corrected chi connectivity index (χ0v) is 19.0. The van der Waals surface area contributed by atoms with E-state index in [0.29, 0.717) is 13.1 Å². The standard InChI is InChI=1S/C27H31N3O2/c1-20-11-10-12-21(2)26(20)29-27(32)30(19-23-13-6-4-7-14-23)18-17-25(31)28-22(3)24-15-8-5-9-16-24/h4-16,22H,17-19H2,1-3H3,(H,28,31)(H,29,32). The summed E-state index contributed by atoms with van der Waals surface area (Å²) >= 11 is 0. The molecule has 3 amide bonds. The van der Waals surface area contributed by atoms with Gasteiger partial charge in [0.05, 0.1) is 6.04 Å². The van der Waals surface area contributed by atoms with E-state index in [2.05, 4.69) is 10.6 Å². The molecule has 0 radical (unpaired) electrons. The monoisotopic (exact) mass is 429 g/mol. The number of aryl methyl sites for hydroxylation is 2. The molecule has 0 saturated heterocycles. The number of urea groups is 1. The van der Waals surface area contributed by atoms with Crippen LogP contribution in [0.3, 0.4) is 0 Å². The molecule has 0 aliphatic carbocycles. The van der Waals surface area contributed by atoms with Crippen LogP contribution in [0, 0.1) is 13.8 Å². The van der Waals surface area contributed by atoms with Crippen LogP contribution in [0.1, 0.15) is 41.6 Å². The van der Waals surface area contributed by atoms with Crippen LogP contribution in [0.4, 0.5) is 10.5 Å². The second-order valence-electron chi connectivity index (χ2n) is 8.05. The molecule has 5 heteroatoms. The molecule has 2 N–H and O–H groups in total. The Labute approximate surface area is 190 Å². The number of rotatable bonds is 8. The van der Waals surface area contributed by atoms with Gasteiger partial charge in [0.1, 0.15) is 0 Å². The third kappa shape index (κ3) is 6.45. The minimum Gasteiger partial charge on any atom is -0.350 e. The third-order valence-electron chi connectivity index (χ3n) is 5.50. The van der Waals surface area contributed by atoms with Gasteiger partial charge in [0.25, 0.3) is 0 Å². The topological polar surface area (TPSA) is 61.4 Å². The number of anilines is 1. The first kappa shape index (κ1) is 23.1. The molecule has 0 aromatic heterocycles. The number of carbonyl (C=O) groups is 2. The van der Waals surface area contributed by atoms with Crippen molar-refractivity contribution < 1.29 is 9.59 Å². The second-order valence-corrected chi connectivity index (χ2v) is 8.05. The van der Waals surface area contributed by atoms with Gasteiger partial charge in [0.15, 0.2) is 0 Å². The summed E-state index contributed by atoms with van der Waals surface area (Å²) in [5.74, 6) is -0.0840. The van der Waals surface area contributed by atoms with Gasteiger partial charge in [-0.05, 0) is 43.0 Å². The van der Waals surface area contributed by atoms with Crippen LogP contribution >= 0.6 is 0 Å². The average Bonchev–Trinajstić information content (AvgIpc) is 2.80. The molecule has 3 aromatic rings. The first-order valence-corrected chi connectivity index (χ1v) is 10.9. The lowest BCUT2D eigenvalue weighted by atomic mass is 10.1. The van der Waals surface area contributed by atoms with Crippen LogP contribution in [0.5, 0.6) is 0 Å². The Bertz CT molecular complexity index is 1020. The minimum atomic E-state index is -0.213. The Hall–Kier alpha value is -3.60. The molecule has 5 nitrogen and oxygen atoms in total. The quantitative estimate of drug-likeness (QED) is 0.489. The molecule has 0 fully saturated rings. The average molecular weight is 430 g/mol. The lowest BCUT2D eigenvalue weighted by Gasteiger charge is -2.25. The number of amides is 3. The highest BCUT2D eigenvalue weighted by Crippen LogP contribution is 2.20. The van der Waals surface area contributed by atoms with Gasteiger partial charge in [0, 0.05) is 25.2 Å². The molecule has 0 heterocycles. The Balaban J connectivity index is 1.67. The molecule has 166 valence electrons. The number of hydrogen-bond donors (Lipinski definition) is 2. The first-order chi connectivity index (χ1) is 15.4. The normalized spacial score (nSPS) is 11.5. The van der Waals surface area contributed by atoms with Gasteiger partial charge in [-0.25, -0.2) is 4.79 Å². The fourth-order valence-corrected chi connectivity index (χ4v) is 3.63. The molecule has 0 aliphatic heterocycles. The fraction of sp³-hybridized carbons (Fsp3) is 0.259. The Morgan fingerprint density at radius 2 is 1.44 bits per heavy atom. The van der Waals surface area contributed by atoms with Crippen LogP contribution in [-0.2, 0) is 11.3 Å². The molecular weight excluding hydrogens is 398 g/mol. The van der Waals surface area contributed by atoms with E-state index in [-0.39, 0.29) is 24.4 Å².